The maximum Gasteiger partial charge on any atom is 0.253 e. The predicted molar refractivity (Wildman–Crippen MR) is 66.2 cm³/mol. The van der Waals surface area contributed by atoms with Crippen LogP contribution in [0.3, 0.4) is 0 Å². The first kappa shape index (κ1) is 13.0. The molecule has 0 heterocycles. The number of carbonyl (C=O) groups excluding carboxylic acids is 2. The predicted octanol–water partition coefficient (Wildman–Crippen LogP) is 0.654. The summed E-state index contributed by atoms with van der Waals surface area (Å²) >= 11 is 0. The monoisotopic (exact) mass is 235 g/mol. The van der Waals surface area contributed by atoms with E-state index in [0.717, 1.165) is 6.42 Å². The number of nitrogens with two attached hydrogens (primary N) is 2. The summed E-state index contributed by atoms with van der Waals surface area (Å²) in [5.41, 5.74) is 11.6. The first-order chi connectivity index (χ1) is 8.11. The number of primary amides is 1. The lowest BCUT2D eigenvalue weighted by molar-refractivity contribution is -0.118. The Morgan fingerprint density at radius 3 is 2.53 bits per heavy atom. The molecule has 5 nitrogen and oxygen atoms in total. The Kier molecular flexibility index (Phi) is 5.00. The third-order valence-electron chi connectivity index (χ3n) is 2.34. The number of amides is 2. The fraction of sp³-hybridized carbons (Fsp3) is 0.333. The molecule has 0 aromatic heterocycles. The number of nitrogens with one attached hydrogen (secondary N) is 1. The molecule has 1 aromatic rings. The molecule has 0 saturated carbocycles. The zero-order valence-corrected chi connectivity index (χ0v) is 9.61. The average Bonchev–Trinajstić information content (AvgIpc) is 2.28. The van der Waals surface area contributed by atoms with E-state index in [0.29, 0.717) is 30.6 Å². The van der Waals surface area contributed by atoms with Gasteiger partial charge in [0, 0.05) is 18.7 Å². The van der Waals surface area contributed by atoms with Gasteiger partial charge in [0.25, 0.3) is 5.91 Å². The van der Waals surface area contributed by atoms with Crippen molar-refractivity contribution in [3.05, 3.63) is 29.8 Å². The summed E-state index contributed by atoms with van der Waals surface area (Å²) in [5, 5.41) is 2.74. The van der Waals surface area contributed by atoms with Gasteiger partial charge in [0.2, 0.25) is 5.91 Å². The summed E-state index contributed by atoms with van der Waals surface area (Å²) in [4.78, 5) is 22.2. The van der Waals surface area contributed by atoms with Gasteiger partial charge in [0.05, 0.1) is 5.56 Å². The lowest BCUT2D eigenvalue weighted by Gasteiger charge is -2.06. The molecule has 0 unspecified atom stereocenters. The van der Waals surface area contributed by atoms with Crippen LogP contribution in [0.15, 0.2) is 24.3 Å². The van der Waals surface area contributed by atoms with Crippen LogP contribution in [0.5, 0.6) is 0 Å². The first-order valence-corrected chi connectivity index (χ1v) is 5.52. The summed E-state index contributed by atoms with van der Waals surface area (Å²) < 4.78 is 0. The smallest absolute Gasteiger partial charge is 0.253 e. The normalized spacial score (nSPS) is 9.88. The Morgan fingerprint density at radius 2 is 1.88 bits per heavy atom. The Labute approximate surface area is 100 Å². The van der Waals surface area contributed by atoms with E-state index < -0.39 is 0 Å². The number of carbonyl (C=O) groups is 2. The van der Waals surface area contributed by atoms with Crippen LogP contribution in [-0.4, -0.2) is 18.4 Å². The zero-order valence-electron chi connectivity index (χ0n) is 9.61. The molecule has 0 atom stereocenters. The van der Waals surface area contributed by atoms with Gasteiger partial charge in [-0.1, -0.05) is 12.1 Å². The molecular formula is C12H17N3O2. The van der Waals surface area contributed by atoms with Crippen molar-refractivity contribution in [1.29, 1.82) is 0 Å². The molecule has 0 spiro atoms. The van der Waals surface area contributed by atoms with Gasteiger partial charge in [-0.3, -0.25) is 9.59 Å². The number of rotatable bonds is 6. The minimum absolute atomic E-state index is 0.192. The summed E-state index contributed by atoms with van der Waals surface area (Å²) in [7, 11) is 0. The van der Waals surface area contributed by atoms with Crippen molar-refractivity contribution < 1.29 is 9.59 Å². The quantitative estimate of drug-likeness (QED) is 0.499. The van der Waals surface area contributed by atoms with Crippen LogP contribution in [0.25, 0.3) is 0 Å². The number of benzene rings is 1. The molecule has 0 aliphatic rings. The third kappa shape index (κ3) is 4.55. The van der Waals surface area contributed by atoms with E-state index in [1.54, 1.807) is 24.3 Å². The van der Waals surface area contributed by atoms with Crippen LogP contribution < -0.4 is 16.8 Å². The van der Waals surface area contributed by atoms with Crippen molar-refractivity contribution in [2.24, 2.45) is 5.73 Å². The first-order valence-electron chi connectivity index (χ1n) is 5.52. The molecular weight excluding hydrogens is 218 g/mol. The standard InChI is InChI=1S/C12H17N3O2/c13-10-6-2-1-5-9(10)12(17)15-8-4-3-7-11(14)16/h1-2,5-6H,3-4,7-8,13H2,(H2,14,16)(H,15,17). The van der Waals surface area contributed by atoms with Gasteiger partial charge in [-0.15, -0.1) is 0 Å². The Bertz CT molecular complexity index is 404. The number of nitrogen functional groups attached to an aromatic ring is 1. The van der Waals surface area contributed by atoms with E-state index in [1.807, 2.05) is 0 Å². The van der Waals surface area contributed by atoms with Crippen LogP contribution in [0.1, 0.15) is 29.6 Å². The van der Waals surface area contributed by atoms with E-state index in [9.17, 15) is 9.59 Å². The van der Waals surface area contributed by atoms with E-state index in [4.69, 9.17) is 11.5 Å². The molecule has 5 heteroatoms. The lowest BCUT2D eigenvalue weighted by Crippen LogP contribution is -2.25. The van der Waals surface area contributed by atoms with Crippen LogP contribution in [0, 0.1) is 0 Å². The Hall–Kier alpha value is -2.04. The van der Waals surface area contributed by atoms with Crippen molar-refractivity contribution in [1.82, 2.24) is 5.32 Å². The van der Waals surface area contributed by atoms with E-state index in [1.165, 1.54) is 0 Å². The highest BCUT2D eigenvalue weighted by molar-refractivity contribution is 5.99. The van der Waals surface area contributed by atoms with Crippen LogP contribution in [0.2, 0.25) is 0 Å². The second kappa shape index (κ2) is 6.52. The number of anilines is 1. The molecule has 17 heavy (non-hydrogen) atoms. The van der Waals surface area contributed by atoms with Gasteiger partial charge in [0.15, 0.2) is 0 Å². The minimum atomic E-state index is -0.316. The fourth-order valence-corrected chi connectivity index (χ4v) is 1.43. The van der Waals surface area contributed by atoms with E-state index in [-0.39, 0.29) is 11.8 Å². The Balaban J connectivity index is 2.31. The molecule has 0 aliphatic carbocycles. The summed E-state index contributed by atoms with van der Waals surface area (Å²) in [6, 6.07) is 6.90. The highest BCUT2D eigenvalue weighted by Crippen LogP contribution is 2.09. The number of para-hydroxylation sites is 1. The van der Waals surface area contributed by atoms with Crippen LogP contribution >= 0.6 is 0 Å². The molecule has 0 aliphatic heterocycles. The maximum absolute atomic E-state index is 11.7. The van der Waals surface area contributed by atoms with Crippen LogP contribution in [0.4, 0.5) is 5.69 Å². The van der Waals surface area contributed by atoms with Crippen molar-refractivity contribution in [2.45, 2.75) is 19.3 Å². The second-order valence-corrected chi connectivity index (χ2v) is 3.77. The molecule has 0 bridgehead atoms. The van der Waals surface area contributed by atoms with Crippen molar-refractivity contribution >= 4 is 17.5 Å². The molecule has 1 aromatic carbocycles. The topological polar surface area (TPSA) is 98.2 Å². The van der Waals surface area contributed by atoms with Gasteiger partial charge < -0.3 is 16.8 Å². The highest BCUT2D eigenvalue weighted by Gasteiger charge is 2.07. The van der Waals surface area contributed by atoms with Gasteiger partial charge in [0.1, 0.15) is 0 Å². The van der Waals surface area contributed by atoms with Gasteiger partial charge in [-0.05, 0) is 25.0 Å². The SMILES string of the molecule is NC(=O)CCCCNC(=O)c1ccccc1N. The summed E-state index contributed by atoms with van der Waals surface area (Å²) in [5.74, 6) is -0.509. The van der Waals surface area contributed by atoms with Crippen molar-refractivity contribution in [3.63, 3.8) is 0 Å². The van der Waals surface area contributed by atoms with E-state index >= 15 is 0 Å². The number of unbranched alkanes of at least 4 members (excludes halogenated alkanes) is 1. The molecule has 1 rings (SSSR count). The van der Waals surface area contributed by atoms with E-state index in [2.05, 4.69) is 5.32 Å². The molecule has 5 N–H and O–H groups in total. The molecule has 92 valence electrons. The molecule has 0 saturated heterocycles. The fourth-order valence-electron chi connectivity index (χ4n) is 1.43. The summed E-state index contributed by atoms with van der Waals surface area (Å²) in [6.45, 7) is 0.514. The van der Waals surface area contributed by atoms with Crippen LogP contribution in [-0.2, 0) is 4.79 Å². The lowest BCUT2D eigenvalue weighted by atomic mass is 10.1. The average molecular weight is 235 g/mol. The maximum atomic E-state index is 11.7. The second-order valence-electron chi connectivity index (χ2n) is 3.77. The largest absolute Gasteiger partial charge is 0.398 e. The minimum Gasteiger partial charge on any atom is -0.398 e. The highest BCUT2D eigenvalue weighted by atomic mass is 16.2. The van der Waals surface area contributed by atoms with Crippen molar-refractivity contribution in [3.8, 4) is 0 Å². The Morgan fingerprint density at radius 1 is 1.18 bits per heavy atom. The molecule has 0 fully saturated rings. The number of hydrogen-bond donors (Lipinski definition) is 3. The van der Waals surface area contributed by atoms with Crippen molar-refractivity contribution in [2.75, 3.05) is 12.3 Å². The zero-order chi connectivity index (χ0) is 12.7. The molecule has 0 radical (unpaired) electrons. The summed E-state index contributed by atoms with van der Waals surface area (Å²) in [6.07, 6.45) is 1.75. The molecule has 2 amide bonds. The third-order valence-corrected chi connectivity index (χ3v) is 2.34. The number of hydrogen-bond acceptors (Lipinski definition) is 3. The van der Waals surface area contributed by atoms with Gasteiger partial charge in [-0.2, -0.15) is 0 Å². The van der Waals surface area contributed by atoms with Gasteiger partial charge in [-0.25, -0.2) is 0 Å². The van der Waals surface area contributed by atoms with Gasteiger partial charge >= 0.3 is 0 Å².